The number of thioether (sulfide) groups is 1. The molecule has 18 heavy (non-hydrogen) atoms. The van der Waals surface area contributed by atoms with E-state index in [4.69, 9.17) is 0 Å². The number of hydrogen-bond donors (Lipinski definition) is 1. The zero-order chi connectivity index (χ0) is 13.3. The fourth-order valence-corrected chi connectivity index (χ4v) is 3.63. The van der Waals surface area contributed by atoms with Crippen LogP contribution in [0.15, 0.2) is 0 Å². The highest BCUT2D eigenvalue weighted by Gasteiger charge is 2.32. The average molecular weight is 273 g/mol. The van der Waals surface area contributed by atoms with Crippen molar-refractivity contribution in [2.75, 3.05) is 45.2 Å². The van der Waals surface area contributed by atoms with Gasteiger partial charge in [0.05, 0.1) is 0 Å². The topological polar surface area (TPSA) is 15.3 Å². The maximum atomic E-state index is 3.60. The first-order chi connectivity index (χ1) is 8.72. The van der Waals surface area contributed by atoms with Crippen molar-refractivity contribution in [2.24, 2.45) is 5.41 Å². The van der Waals surface area contributed by atoms with Crippen molar-refractivity contribution >= 4 is 11.8 Å². The second-order valence-electron chi connectivity index (χ2n) is 5.93. The minimum Gasteiger partial charge on any atom is -0.316 e. The molecular weight excluding hydrogens is 240 g/mol. The molecule has 0 atom stereocenters. The van der Waals surface area contributed by atoms with Gasteiger partial charge >= 0.3 is 0 Å². The largest absolute Gasteiger partial charge is 0.316 e. The van der Waals surface area contributed by atoms with Crippen molar-refractivity contribution in [3.05, 3.63) is 0 Å². The highest BCUT2D eigenvalue weighted by Crippen LogP contribution is 2.36. The Kier molecular flexibility index (Phi) is 8.36. The Morgan fingerprint density at radius 1 is 1.22 bits per heavy atom. The first-order valence-electron chi connectivity index (χ1n) is 7.61. The van der Waals surface area contributed by atoms with Gasteiger partial charge in [0.2, 0.25) is 0 Å². The van der Waals surface area contributed by atoms with Crippen molar-refractivity contribution in [1.29, 1.82) is 0 Å². The summed E-state index contributed by atoms with van der Waals surface area (Å²) in [5.41, 5.74) is 0.558. The van der Waals surface area contributed by atoms with Gasteiger partial charge in [0, 0.05) is 13.1 Å². The average Bonchev–Trinajstić information content (AvgIpc) is 2.38. The maximum absolute atomic E-state index is 3.60. The molecule has 0 unspecified atom stereocenters. The van der Waals surface area contributed by atoms with Gasteiger partial charge in [0.1, 0.15) is 0 Å². The molecular formula is C15H32N2S. The molecule has 0 aromatic carbocycles. The van der Waals surface area contributed by atoms with Gasteiger partial charge in [-0.05, 0) is 56.8 Å². The Labute approximate surface area is 118 Å². The summed E-state index contributed by atoms with van der Waals surface area (Å²) in [7, 11) is 2.31. The molecule has 0 aliphatic heterocycles. The van der Waals surface area contributed by atoms with E-state index in [1.807, 2.05) is 11.8 Å². The van der Waals surface area contributed by atoms with Crippen molar-refractivity contribution in [3.63, 3.8) is 0 Å². The number of hydrogen-bond acceptors (Lipinski definition) is 3. The molecule has 0 aromatic heterocycles. The lowest BCUT2D eigenvalue weighted by Crippen LogP contribution is -2.44. The van der Waals surface area contributed by atoms with Crippen LogP contribution in [0, 0.1) is 5.41 Å². The van der Waals surface area contributed by atoms with Crippen LogP contribution in [0.2, 0.25) is 0 Å². The van der Waals surface area contributed by atoms with E-state index in [2.05, 4.69) is 30.4 Å². The van der Waals surface area contributed by atoms with Gasteiger partial charge in [-0.25, -0.2) is 0 Å². The summed E-state index contributed by atoms with van der Waals surface area (Å²) in [6.45, 7) is 7.09. The van der Waals surface area contributed by atoms with Crippen molar-refractivity contribution in [3.8, 4) is 0 Å². The van der Waals surface area contributed by atoms with Gasteiger partial charge in [-0.1, -0.05) is 26.2 Å². The van der Waals surface area contributed by atoms with Crippen molar-refractivity contribution in [2.45, 2.75) is 45.4 Å². The van der Waals surface area contributed by atoms with E-state index >= 15 is 0 Å². The van der Waals surface area contributed by atoms with E-state index in [1.165, 1.54) is 63.9 Å². The first-order valence-corrected chi connectivity index (χ1v) is 9.00. The number of nitrogens with one attached hydrogen (secondary N) is 1. The van der Waals surface area contributed by atoms with E-state index in [0.29, 0.717) is 5.41 Å². The highest BCUT2D eigenvalue weighted by atomic mass is 32.2. The first kappa shape index (κ1) is 16.3. The molecule has 108 valence electrons. The van der Waals surface area contributed by atoms with Crippen molar-refractivity contribution < 1.29 is 0 Å². The van der Waals surface area contributed by atoms with Gasteiger partial charge in [0.15, 0.2) is 0 Å². The van der Waals surface area contributed by atoms with E-state index in [9.17, 15) is 0 Å². The predicted octanol–water partition coefficient (Wildman–Crippen LogP) is 3.23. The zero-order valence-corrected chi connectivity index (χ0v) is 13.5. The lowest BCUT2D eigenvalue weighted by Gasteiger charge is -2.40. The quantitative estimate of drug-likeness (QED) is 0.649. The van der Waals surface area contributed by atoms with Gasteiger partial charge in [-0.15, -0.1) is 0 Å². The Balaban J connectivity index is 2.39. The van der Waals surface area contributed by atoms with Gasteiger partial charge < -0.3 is 10.2 Å². The second kappa shape index (κ2) is 9.22. The van der Waals surface area contributed by atoms with Crippen LogP contribution in [-0.2, 0) is 0 Å². The summed E-state index contributed by atoms with van der Waals surface area (Å²) in [5, 5.41) is 3.60. The molecule has 0 bridgehead atoms. The fraction of sp³-hybridized carbons (Fsp3) is 1.00. The Morgan fingerprint density at radius 2 is 1.94 bits per heavy atom. The lowest BCUT2D eigenvalue weighted by molar-refractivity contribution is 0.118. The lowest BCUT2D eigenvalue weighted by atomic mass is 9.73. The molecule has 0 amide bonds. The highest BCUT2D eigenvalue weighted by molar-refractivity contribution is 7.98. The van der Waals surface area contributed by atoms with Crippen LogP contribution >= 0.6 is 11.8 Å². The van der Waals surface area contributed by atoms with Gasteiger partial charge in [-0.3, -0.25) is 0 Å². The number of nitrogens with zero attached hydrogens (tertiary/aromatic N) is 1. The summed E-state index contributed by atoms with van der Waals surface area (Å²) in [6.07, 6.45) is 10.7. The van der Waals surface area contributed by atoms with Crippen LogP contribution in [-0.4, -0.2) is 50.1 Å². The molecule has 1 aliphatic rings. The zero-order valence-electron chi connectivity index (χ0n) is 12.6. The number of rotatable bonds is 9. The second-order valence-corrected chi connectivity index (χ2v) is 6.91. The van der Waals surface area contributed by atoms with Gasteiger partial charge in [0.25, 0.3) is 0 Å². The van der Waals surface area contributed by atoms with Crippen LogP contribution in [0.1, 0.15) is 45.4 Å². The van der Waals surface area contributed by atoms with Gasteiger partial charge in [-0.2, -0.15) is 11.8 Å². The normalized spacial score (nSPS) is 19.3. The molecule has 1 aliphatic carbocycles. The van der Waals surface area contributed by atoms with Crippen LogP contribution in [0.4, 0.5) is 0 Å². The molecule has 0 aromatic rings. The van der Waals surface area contributed by atoms with Crippen LogP contribution < -0.4 is 5.32 Å². The Hall–Kier alpha value is 0.270. The molecule has 0 saturated heterocycles. The minimum absolute atomic E-state index is 0.558. The molecule has 3 heteroatoms. The van der Waals surface area contributed by atoms with E-state index in [0.717, 1.165) is 6.54 Å². The van der Waals surface area contributed by atoms with Crippen LogP contribution in [0.5, 0.6) is 0 Å². The maximum Gasteiger partial charge on any atom is 0.00471 e. The summed E-state index contributed by atoms with van der Waals surface area (Å²) in [5.74, 6) is 1.30. The predicted molar refractivity (Wildman–Crippen MR) is 84.6 cm³/mol. The summed E-state index contributed by atoms with van der Waals surface area (Å²) < 4.78 is 0. The van der Waals surface area contributed by atoms with E-state index in [-0.39, 0.29) is 0 Å². The third-order valence-corrected chi connectivity index (χ3v) is 4.85. The monoisotopic (exact) mass is 272 g/mol. The standard InChI is InChI=1S/C15H32N2S/c1-4-16-13-15(9-6-5-7-10-15)14-17(2)11-8-12-18-3/h16H,4-14H2,1-3H3. The summed E-state index contributed by atoms with van der Waals surface area (Å²) in [4.78, 5) is 2.57. The SMILES string of the molecule is CCNCC1(CN(C)CCCSC)CCCCC1. The molecule has 0 spiro atoms. The summed E-state index contributed by atoms with van der Waals surface area (Å²) >= 11 is 1.96. The molecule has 1 saturated carbocycles. The molecule has 1 fully saturated rings. The van der Waals surface area contributed by atoms with Crippen LogP contribution in [0.25, 0.3) is 0 Å². The fourth-order valence-electron chi connectivity index (χ4n) is 3.21. The smallest absolute Gasteiger partial charge is 0.00471 e. The Bertz CT molecular complexity index is 203. The molecule has 0 heterocycles. The molecule has 2 nitrogen and oxygen atoms in total. The Morgan fingerprint density at radius 3 is 2.56 bits per heavy atom. The van der Waals surface area contributed by atoms with Crippen LogP contribution in [0.3, 0.4) is 0 Å². The third-order valence-electron chi connectivity index (χ3n) is 4.16. The van der Waals surface area contributed by atoms with Crippen molar-refractivity contribution in [1.82, 2.24) is 10.2 Å². The molecule has 0 radical (unpaired) electrons. The molecule has 1 rings (SSSR count). The van der Waals surface area contributed by atoms with E-state index < -0.39 is 0 Å². The minimum atomic E-state index is 0.558. The van der Waals surface area contributed by atoms with E-state index in [1.54, 1.807) is 0 Å². The molecule has 1 N–H and O–H groups in total. The third kappa shape index (κ3) is 5.94. The summed E-state index contributed by atoms with van der Waals surface area (Å²) in [6, 6.07) is 0.